The molecule has 4 rings (SSSR count). The second kappa shape index (κ2) is 10.2. The summed E-state index contributed by atoms with van der Waals surface area (Å²) in [7, 11) is 4.09. The lowest BCUT2D eigenvalue weighted by molar-refractivity contribution is -0.277. The molecule has 2 heterocycles. The number of ether oxygens (including phenoxy) is 5. The number of hydrogen-bond donors (Lipinski definition) is 5. The van der Waals surface area contributed by atoms with Crippen LogP contribution in [0.1, 0.15) is 0 Å². The van der Waals surface area contributed by atoms with Crippen molar-refractivity contribution in [2.45, 2.75) is 30.7 Å². The summed E-state index contributed by atoms with van der Waals surface area (Å²) in [4.78, 5) is 13.8. The molecule has 2 aromatic carbocycles. The first kappa shape index (κ1) is 25.5. The Balaban J connectivity index is 1.97. The van der Waals surface area contributed by atoms with Gasteiger partial charge < -0.3 is 53.6 Å². The van der Waals surface area contributed by atoms with Gasteiger partial charge in [-0.05, 0) is 24.3 Å². The lowest BCUT2D eigenvalue weighted by Crippen LogP contribution is -2.60. The van der Waals surface area contributed by atoms with Crippen molar-refractivity contribution < 1.29 is 53.6 Å². The molecule has 3 aromatic rings. The van der Waals surface area contributed by atoms with Crippen LogP contribution in [0.4, 0.5) is 0 Å². The normalized spacial score (nSPS) is 23.9. The van der Waals surface area contributed by atoms with Crippen LogP contribution in [0.3, 0.4) is 0 Å². The fourth-order valence-corrected chi connectivity index (χ4v) is 3.99. The number of aliphatic hydroxyl groups is 4. The summed E-state index contributed by atoms with van der Waals surface area (Å²) in [5.74, 6) is -0.218. The zero-order valence-electron chi connectivity index (χ0n) is 19.6. The monoisotopic (exact) mass is 506 g/mol. The molecule has 0 bridgehead atoms. The quantitative estimate of drug-likeness (QED) is 0.298. The molecule has 12 nitrogen and oxygen atoms in total. The van der Waals surface area contributed by atoms with E-state index in [-0.39, 0.29) is 39.7 Å². The molecule has 1 fully saturated rings. The van der Waals surface area contributed by atoms with E-state index < -0.39 is 48.5 Å². The fourth-order valence-electron chi connectivity index (χ4n) is 3.99. The molecule has 0 saturated carbocycles. The molecule has 1 aliphatic heterocycles. The smallest absolute Gasteiger partial charge is 0.239 e. The predicted molar refractivity (Wildman–Crippen MR) is 124 cm³/mol. The number of hydrogen-bond acceptors (Lipinski definition) is 12. The van der Waals surface area contributed by atoms with Crippen LogP contribution in [0.5, 0.6) is 28.7 Å². The molecule has 1 saturated heterocycles. The van der Waals surface area contributed by atoms with E-state index in [1.165, 1.54) is 51.7 Å². The molecule has 5 N–H and O–H groups in total. The molecule has 0 spiro atoms. The van der Waals surface area contributed by atoms with Crippen molar-refractivity contribution in [3.63, 3.8) is 0 Å². The van der Waals surface area contributed by atoms with Gasteiger partial charge in [-0.2, -0.15) is 0 Å². The van der Waals surface area contributed by atoms with Gasteiger partial charge in [0.15, 0.2) is 17.3 Å². The SMILES string of the molecule is COc1cc2oc(-c3ccc(O)cc3)c(O[C@@H]3O[C@H](CO)[C@@H](O)[C@@H](O)[C@H]3O)c(=O)c2c(OC)c1OC. The predicted octanol–water partition coefficient (Wildman–Crippen LogP) is 0.370. The number of aliphatic hydroxyl groups excluding tert-OH is 4. The molecular weight excluding hydrogens is 480 g/mol. The Morgan fingerprint density at radius 2 is 1.56 bits per heavy atom. The number of phenols is 1. The molecule has 0 aliphatic carbocycles. The molecule has 194 valence electrons. The minimum Gasteiger partial charge on any atom is -0.508 e. The zero-order chi connectivity index (χ0) is 26.1. The molecule has 5 atom stereocenters. The van der Waals surface area contributed by atoms with Crippen molar-refractivity contribution in [2.24, 2.45) is 0 Å². The van der Waals surface area contributed by atoms with E-state index >= 15 is 0 Å². The highest BCUT2D eigenvalue weighted by atomic mass is 16.7. The summed E-state index contributed by atoms with van der Waals surface area (Å²) in [5, 5.41) is 49.8. The highest BCUT2D eigenvalue weighted by molar-refractivity contribution is 5.91. The average Bonchev–Trinajstić information content (AvgIpc) is 2.89. The molecule has 0 unspecified atom stereocenters. The van der Waals surface area contributed by atoms with Gasteiger partial charge in [0.05, 0.1) is 27.9 Å². The minimum absolute atomic E-state index is 0.00323. The van der Waals surface area contributed by atoms with Crippen molar-refractivity contribution >= 4 is 11.0 Å². The van der Waals surface area contributed by atoms with Crippen LogP contribution in [0.25, 0.3) is 22.3 Å². The Hall–Kier alpha value is -3.55. The Bertz CT molecular complexity index is 1280. The summed E-state index contributed by atoms with van der Waals surface area (Å²) in [6, 6.07) is 7.10. The number of fused-ring (bicyclic) bond motifs is 1. The van der Waals surface area contributed by atoms with Gasteiger partial charge in [0.2, 0.25) is 23.2 Å². The van der Waals surface area contributed by atoms with Gasteiger partial charge in [0.25, 0.3) is 0 Å². The second-order valence-electron chi connectivity index (χ2n) is 7.97. The summed E-state index contributed by atoms with van der Waals surface area (Å²) >= 11 is 0. The molecule has 1 aliphatic rings. The molecule has 0 radical (unpaired) electrons. The summed E-state index contributed by atoms with van der Waals surface area (Å²) < 4.78 is 33.3. The van der Waals surface area contributed by atoms with Crippen molar-refractivity contribution in [2.75, 3.05) is 27.9 Å². The highest BCUT2D eigenvalue weighted by Gasteiger charge is 2.45. The first-order valence-electron chi connectivity index (χ1n) is 10.8. The van der Waals surface area contributed by atoms with Crippen molar-refractivity contribution in [3.05, 3.63) is 40.6 Å². The van der Waals surface area contributed by atoms with Crippen molar-refractivity contribution in [1.29, 1.82) is 0 Å². The number of benzene rings is 2. The van der Waals surface area contributed by atoms with Crippen LogP contribution in [0.2, 0.25) is 0 Å². The maximum absolute atomic E-state index is 13.8. The highest BCUT2D eigenvalue weighted by Crippen LogP contribution is 2.44. The lowest BCUT2D eigenvalue weighted by atomic mass is 9.99. The van der Waals surface area contributed by atoms with Gasteiger partial charge in [-0.25, -0.2) is 0 Å². The van der Waals surface area contributed by atoms with E-state index in [4.69, 9.17) is 28.1 Å². The van der Waals surface area contributed by atoms with Gasteiger partial charge in [-0.15, -0.1) is 0 Å². The first-order valence-corrected chi connectivity index (χ1v) is 10.8. The Morgan fingerprint density at radius 3 is 2.14 bits per heavy atom. The molecule has 12 heteroatoms. The van der Waals surface area contributed by atoms with Crippen LogP contribution >= 0.6 is 0 Å². The third-order valence-electron chi connectivity index (χ3n) is 5.86. The molecule has 1 aromatic heterocycles. The summed E-state index contributed by atoms with van der Waals surface area (Å²) in [6.07, 6.45) is -8.06. The maximum Gasteiger partial charge on any atom is 0.239 e. The van der Waals surface area contributed by atoms with E-state index in [2.05, 4.69) is 0 Å². The van der Waals surface area contributed by atoms with Gasteiger partial charge >= 0.3 is 0 Å². The van der Waals surface area contributed by atoms with Crippen LogP contribution in [0.15, 0.2) is 39.5 Å². The minimum atomic E-state index is -1.78. The summed E-state index contributed by atoms with van der Waals surface area (Å²) in [6.45, 7) is -0.688. The van der Waals surface area contributed by atoms with Crippen LogP contribution in [-0.2, 0) is 4.74 Å². The Kier molecular flexibility index (Phi) is 7.24. The van der Waals surface area contributed by atoms with E-state index in [0.29, 0.717) is 5.56 Å². The standard InChI is InChI=1S/C24H26O12/c1-31-13-8-12-15(22(33-3)21(13)32-2)17(28)23(20(34-12)10-4-6-11(26)7-5-10)36-24-19(30)18(29)16(27)14(9-25)35-24/h4-8,14,16,18-19,24-27,29-30H,9H2,1-3H3/t14-,16-,18-,19-,24+/m1/s1. The van der Waals surface area contributed by atoms with Gasteiger partial charge in [-0.3, -0.25) is 4.79 Å². The van der Waals surface area contributed by atoms with E-state index in [9.17, 15) is 30.3 Å². The number of rotatable bonds is 7. The number of methoxy groups -OCH3 is 3. The molecule has 36 heavy (non-hydrogen) atoms. The lowest BCUT2D eigenvalue weighted by Gasteiger charge is -2.39. The first-order chi connectivity index (χ1) is 17.2. The summed E-state index contributed by atoms with van der Waals surface area (Å²) in [5.41, 5.74) is -0.368. The second-order valence-corrected chi connectivity index (χ2v) is 7.97. The Morgan fingerprint density at radius 1 is 0.889 bits per heavy atom. The van der Waals surface area contributed by atoms with Gasteiger partial charge in [0, 0.05) is 11.6 Å². The molecule has 0 amide bonds. The van der Waals surface area contributed by atoms with E-state index in [1.54, 1.807) is 0 Å². The Labute approximate surface area is 204 Å². The van der Waals surface area contributed by atoms with E-state index in [0.717, 1.165) is 0 Å². The number of phenolic OH excluding ortho intramolecular Hbond substituents is 1. The third-order valence-corrected chi connectivity index (χ3v) is 5.86. The largest absolute Gasteiger partial charge is 0.508 e. The average molecular weight is 506 g/mol. The van der Waals surface area contributed by atoms with Crippen LogP contribution in [0, 0.1) is 0 Å². The topological polar surface area (TPSA) is 178 Å². The maximum atomic E-state index is 13.8. The van der Waals surface area contributed by atoms with Gasteiger partial charge in [0.1, 0.15) is 41.1 Å². The van der Waals surface area contributed by atoms with Gasteiger partial charge in [-0.1, -0.05) is 0 Å². The number of aromatic hydroxyl groups is 1. The van der Waals surface area contributed by atoms with E-state index in [1.807, 2.05) is 0 Å². The fraction of sp³-hybridized carbons (Fsp3) is 0.375. The zero-order valence-corrected chi connectivity index (χ0v) is 19.6. The van der Waals surface area contributed by atoms with Crippen molar-refractivity contribution in [1.82, 2.24) is 0 Å². The third kappa shape index (κ3) is 4.29. The van der Waals surface area contributed by atoms with Crippen LogP contribution < -0.4 is 24.4 Å². The molecular formula is C24H26O12. The van der Waals surface area contributed by atoms with Crippen LogP contribution in [-0.4, -0.2) is 84.2 Å². The van der Waals surface area contributed by atoms with Crippen molar-refractivity contribution in [3.8, 4) is 40.1 Å².